The van der Waals surface area contributed by atoms with Crippen LogP contribution in [0.25, 0.3) is 0 Å². The molecule has 0 aliphatic carbocycles. The molecule has 2 aromatic carbocycles. The van der Waals surface area contributed by atoms with Crippen molar-refractivity contribution in [1.82, 2.24) is 0 Å². The summed E-state index contributed by atoms with van der Waals surface area (Å²) in [5.74, 6) is -1.03. The lowest BCUT2D eigenvalue weighted by molar-refractivity contribution is -0.138. The molecule has 0 unspecified atom stereocenters. The van der Waals surface area contributed by atoms with Crippen molar-refractivity contribution < 1.29 is 22.7 Å². The van der Waals surface area contributed by atoms with Gasteiger partial charge in [0.05, 0.1) is 0 Å². The Morgan fingerprint density at radius 2 is 1.81 bits per heavy atom. The summed E-state index contributed by atoms with van der Waals surface area (Å²) >= 11 is 0. The summed E-state index contributed by atoms with van der Waals surface area (Å²) in [4.78, 5) is 11.0. The van der Waals surface area contributed by atoms with Crippen molar-refractivity contribution in [3.8, 4) is 11.5 Å². The fraction of sp³-hybridized carbons (Fsp3) is 0.0714. The van der Waals surface area contributed by atoms with Gasteiger partial charge >= 0.3 is 6.18 Å². The number of carbonyl (C=O) groups is 1. The van der Waals surface area contributed by atoms with E-state index in [1.165, 1.54) is 30.3 Å². The fourth-order valence-electron chi connectivity index (χ4n) is 1.70. The van der Waals surface area contributed by atoms with E-state index in [1.807, 2.05) is 0 Å². The standard InChI is InChI=1S/C14H11F3N2O2/c15-14(16,17)11-7-9(18)4-5-12(11)21-10-3-1-2-8(6-10)13(19)20/h1-7H,18H2,(H2,19,20). The second-order valence-corrected chi connectivity index (χ2v) is 4.25. The number of ether oxygens (including phenoxy) is 1. The van der Waals surface area contributed by atoms with Gasteiger partial charge in [-0.25, -0.2) is 0 Å². The van der Waals surface area contributed by atoms with Gasteiger partial charge in [-0.2, -0.15) is 13.2 Å². The molecule has 0 aromatic heterocycles. The summed E-state index contributed by atoms with van der Waals surface area (Å²) in [6.07, 6.45) is -4.61. The van der Waals surface area contributed by atoms with E-state index in [1.54, 1.807) is 0 Å². The number of benzene rings is 2. The van der Waals surface area contributed by atoms with Crippen molar-refractivity contribution >= 4 is 11.6 Å². The maximum Gasteiger partial charge on any atom is 0.420 e. The van der Waals surface area contributed by atoms with Gasteiger partial charge in [-0.1, -0.05) is 6.07 Å². The van der Waals surface area contributed by atoms with E-state index in [0.29, 0.717) is 0 Å². The molecule has 4 nitrogen and oxygen atoms in total. The number of hydrogen-bond acceptors (Lipinski definition) is 3. The molecule has 0 spiro atoms. The van der Waals surface area contributed by atoms with Gasteiger partial charge in [0.25, 0.3) is 0 Å². The number of nitrogen functional groups attached to an aromatic ring is 1. The first-order chi connectivity index (χ1) is 9.77. The minimum Gasteiger partial charge on any atom is -0.457 e. The molecule has 4 N–H and O–H groups in total. The Kier molecular flexibility index (Phi) is 3.75. The van der Waals surface area contributed by atoms with Crippen LogP contribution in [0.4, 0.5) is 18.9 Å². The van der Waals surface area contributed by atoms with E-state index >= 15 is 0 Å². The minimum absolute atomic E-state index is 0.0273. The van der Waals surface area contributed by atoms with Gasteiger partial charge in [0, 0.05) is 11.3 Å². The van der Waals surface area contributed by atoms with Crippen LogP contribution in [0.2, 0.25) is 0 Å². The van der Waals surface area contributed by atoms with Crippen molar-refractivity contribution in [2.24, 2.45) is 5.73 Å². The molecular formula is C14H11F3N2O2. The molecule has 0 saturated heterocycles. The quantitative estimate of drug-likeness (QED) is 0.854. The highest BCUT2D eigenvalue weighted by Gasteiger charge is 2.34. The largest absolute Gasteiger partial charge is 0.457 e. The topological polar surface area (TPSA) is 78.3 Å². The van der Waals surface area contributed by atoms with Gasteiger partial charge in [0.2, 0.25) is 5.91 Å². The normalized spacial score (nSPS) is 11.2. The Morgan fingerprint density at radius 1 is 1.10 bits per heavy atom. The molecule has 0 bridgehead atoms. The molecule has 0 aliphatic heterocycles. The van der Waals surface area contributed by atoms with Crippen LogP contribution in [-0.4, -0.2) is 5.91 Å². The molecule has 110 valence electrons. The molecular weight excluding hydrogens is 285 g/mol. The van der Waals surface area contributed by atoms with E-state index in [4.69, 9.17) is 16.2 Å². The smallest absolute Gasteiger partial charge is 0.420 e. The zero-order valence-electron chi connectivity index (χ0n) is 10.6. The van der Waals surface area contributed by atoms with E-state index in [0.717, 1.165) is 12.1 Å². The lowest BCUT2D eigenvalue weighted by Crippen LogP contribution is -2.11. The Balaban J connectivity index is 2.40. The maximum atomic E-state index is 12.9. The fourth-order valence-corrected chi connectivity index (χ4v) is 1.70. The molecule has 0 saturated carbocycles. The third kappa shape index (κ3) is 3.44. The lowest BCUT2D eigenvalue weighted by atomic mass is 10.1. The van der Waals surface area contributed by atoms with Crippen molar-refractivity contribution in [3.63, 3.8) is 0 Å². The Bertz CT molecular complexity index is 684. The average molecular weight is 296 g/mol. The van der Waals surface area contributed by atoms with Crippen LogP contribution in [0.1, 0.15) is 15.9 Å². The van der Waals surface area contributed by atoms with Crippen molar-refractivity contribution in [1.29, 1.82) is 0 Å². The minimum atomic E-state index is -4.61. The highest BCUT2D eigenvalue weighted by atomic mass is 19.4. The summed E-state index contributed by atoms with van der Waals surface area (Å²) in [7, 11) is 0. The molecule has 0 aliphatic rings. The van der Waals surface area contributed by atoms with Gasteiger partial charge in [-0.15, -0.1) is 0 Å². The van der Waals surface area contributed by atoms with Crippen molar-refractivity contribution in [2.75, 3.05) is 5.73 Å². The molecule has 21 heavy (non-hydrogen) atoms. The zero-order valence-corrected chi connectivity index (χ0v) is 10.6. The number of hydrogen-bond donors (Lipinski definition) is 2. The van der Waals surface area contributed by atoms with Crippen LogP contribution in [-0.2, 0) is 6.18 Å². The lowest BCUT2D eigenvalue weighted by Gasteiger charge is -2.14. The van der Waals surface area contributed by atoms with Crippen LogP contribution in [0.5, 0.6) is 11.5 Å². The summed E-state index contributed by atoms with van der Waals surface area (Å²) in [6, 6.07) is 8.77. The molecule has 2 rings (SSSR count). The number of carbonyl (C=O) groups excluding carboxylic acids is 1. The van der Waals surface area contributed by atoms with Crippen molar-refractivity contribution in [2.45, 2.75) is 6.18 Å². The molecule has 2 aromatic rings. The summed E-state index contributed by atoms with van der Waals surface area (Å²) < 4.78 is 44.0. The van der Waals surface area contributed by atoms with Gasteiger partial charge in [0.15, 0.2) is 0 Å². The number of amides is 1. The summed E-state index contributed by atoms with van der Waals surface area (Å²) in [5.41, 5.74) is 9.58. The van der Waals surface area contributed by atoms with Crippen LogP contribution in [0.3, 0.4) is 0 Å². The second-order valence-electron chi connectivity index (χ2n) is 4.25. The maximum absolute atomic E-state index is 12.9. The third-order valence-electron chi connectivity index (χ3n) is 2.66. The third-order valence-corrected chi connectivity index (χ3v) is 2.66. The van der Waals surface area contributed by atoms with Gasteiger partial charge in [-0.3, -0.25) is 4.79 Å². The van der Waals surface area contributed by atoms with Crippen molar-refractivity contribution in [3.05, 3.63) is 53.6 Å². The molecule has 0 radical (unpaired) electrons. The van der Waals surface area contributed by atoms with Crippen LogP contribution in [0.15, 0.2) is 42.5 Å². The Labute approximate surface area is 118 Å². The molecule has 7 heteroatoms. The Morgan fingerprint density at radius 3 is 2.43 bits per heavy atom. The van der Waals surface area contributed by atoms with E-state index < -0.39 is 23.4 Å². The van der Waals surface area contributed by atoms with Gasteiger partial charge in [0.1, 0.15) is 17.1 Å². The van der Waals surface area contributed by atoms with Gasteiger partial charge < -0.3 is 16.2 Å². The zero-order chi connectivity index (χ0) is 15.6. The predicted octanol–water partition coefficient (Wildman–Crippen LogP) is 3.18. The summed E-state index contributed by atoms with van der Waals surface area (Å²) in [5, 5.41) is 0. The SMILES string of the molecule is NC(=O)c1cccc(Oc2ccc(N)cc2C(F)(F)F)c1. The van der Waals surface area contributed by atoms with Gasteiger partial charge in [-0.05, 0) is 36.4 Å². The number of rotatable bonds is 3. The van der Waals surface area contributed by atoms with Crippen LogP contribution in [0, 0.1) is 0 Å². The monoisotopic (exact) mass is 296 g/mol. The first-order valence-corrected chi connectivity index (χ1v) is 5.82. The second kappa shape index (κ2) is 5.35. The number of halogens is 3. The Hall–Kier alpha value is -2.70. The van der Waals surface area contributed by atoms with E-state index in [-0.39, 0.29) is 17.0 Å². The first-order valence-electron chi connectivity index (χ1n) is 5.82. The van der Waals surface area contributed by atoms with Crippen LogP contribution < -0.4 is 16.2 Å². The molecule has 0 atom stereocenters. The molecule has 0 heterocycles. The van der Waals surface area contributed by atoms with Crippen LogP contribution >= 0.6 is 0 Å². The number of nitrogens with two attached hydrogens (primary N) is 2. The van der Waals surface area contributed by atoms with E-state index in [9.17, 15) is 18.0 Å². The molecule has 1 amide bonds. The number of anilines is 1. The summed E-state index contributed by atoms with van der Waals surface area (Å²) in [6.45, 7) is 0. The number of alkyl halides is 3. The molecule has 0 fully saturated rings. The van der Waals surface area contributed by atoms with E-state index in [2.05, 4.69) is 0 Å². The highest BCUT2D eigenvalue weighted by Crippen LogP contribution is 2.39. The number of primary amides is 1. The highest BCUT2D eigenvalue weighted by molar-refractivity contribution is 5.93. The average Bonchev–Trinajstić information content (AvgIpc) is 2.40. The predicted molar refractivity (Wildman–Crippen MR) is 70.9 cm³/mol. The first kappa shape index (κ1) is 14.7.